The van der Waals surface area contributed by atoms with Gasteiger partial charge in [-0.25, -0.2) is 0 Å². The van der Waals surface area contributed by atoms with E-state index in [4.69, 9.17) is 4.74 Å². The van der Waals surface area contributed by atoms with E-state index in [0.29, 0.717) is 32.7 Å². The summed E-state index contributed by atoms with van der Waals surface area (Å²) >= 11 is 0. The van der Waals surface area contributed by atoms with Crippen LogP contribution >= 0.6 is 0 Å². The number of hydrogen-bond donors (Lipinski definition) is 2. The van der Waals surface area contributed by atoms with E-state index in [-0.39, 0.29) is 11.8 Å². The molecule has 0 radical (unpaired) electrons. The number of nitrogens with one attached hydrogen (secondary N) is 2. The highest BCUT2D eigenvalue weighted by atomic mass is 16.5. The number of carbonyl (C=O) groups is 2. The summed E-state index contributed by atoms with van der Waals surface area (Å²) in [6.07, 6.45) is 1.57. The number of morpholine rings is 1. The van der Waals surface area contributed by atoms with Gasteiger partial charge in [0.15, 0.2) is 5.60 Å². The summed E-state index contributed by atoms with van der Waals surface area (Å²) in [5.74, 6) is 0.0763. The molecule has 1 atom stereocenters. The van der Waals surface area contributed by atoms with Gasteiger partial charge in [0, 0.05) is 39.1 Å². The molecular formula is C12H21N3O3. The van der Waals surface area contributed by atoms with Crippen LogP contribution in [0.4, 0.5) is 0 Å². The fraction of sp³-hybridized carbons (Fsp3) is 0.833. The van der Waals surface area contributed by atoms with Gasteiger partial charge in [0.05, 0.1) is 6.61 Å². The lowest BCUT2D eigenvalue weighted by Gasteiger charge is -2.33. The van der Waals surface area contributed by atoms with Gasteiger partial charge in [-0.15, -0.1) is 0 Å². The maximum atomic E-state index is 12.0. The zero-order valence-electron chi connectivity index (χ0n) is 10.8. The molecule has 0 aliphatic carbocycles. The zero-order chi connectivity index (χ0) is 13.0. The molecule has 2 amide bonds. The van der Waals surface area contributed by atoms with Gasteiger partial charge < -0.3 is 20.3 Å². The van der Waals surface area contributed by atoms with Crippen LogP contribution in [0.1, 0.15) is 19.8 Å². The molecule has 2 rings (SSSR count). The first-order valence-electron chi connectivity index (χ1n) is 6.52. The molecule has 0 spiro atoms. The van der Waals surface area contributed by atoms with Crippen molar-refractivity contribution in [2.75, 3.05) is 39.3 Å². The Hall–Kier alpha value is -1.14. The lowest BCUT2D eigenvalue weighted by Crippen LogP contribution is -2.57. The second-order valence-electron chi connectivity index (χ2n) is 5.00. The average Bonchev–Trinajstić information content (AvgIpc) is 2.76. The smallest absolute Gasteiger partial charge is 0.253 e. The highest BCUT2D eigenvalue weighted by molar-refractivity contribution is 5.85. The molecule has 2 N–H and O–H groups in total. The molecule has 0 aromatic rings. The molecule has 6 nitrogen and oxygen atoms in total. The highest BCUT2D eigenvalue weighted by Crippen LogP contribution is 2.12. The molecule has 102 valence electrons. The second kappa shape index (κ2) is 5.67. The minimum absolute atomic E-state index is 0.110. The summed E-state index contributed by atoms with van der Waals surface area (Å²) in [6, 6.07) is 0. The number of likely N-dealkylation sites (tertiary alicyclic amines) is 1. The minimum atomic E-state index is -0.784. The zero-order valence-corrected chi connectivity index (χ0v) is 10.8. The van der Waals surface area contributed by atoms with Crippen LogP contribution in [0.3, 0.4) is 0 Å². The monoisotopic (exact) mass is 255 g/mol. The quantitative estimate of drug-likeness (QED) is 0.683. The topological polar surface area (TPSA) is 70.7 Å². The summed E-state index contributed by atoms with van der Waals surface area (Å²) in [5, 5.41) is 5.99. The van der Waals surface area contributed by atoms with Crippen LogP contribution in [-0.2, 0) is 14.3 Å². The van der Waals surface area contributed by atoms with E-state index in [1.807, 2.05) is 0 Å². The lowest BCUT2D eigenvalue weighted by molar-refractivity contribution is -0.148. The summed E-state index contributed by atoms with van der Waals surface area (Å²) in [5.41, 5.74) is -0.784. The largest absolute Gasteiger partial charge is 0.363 e. The van der Waals surface area contributed by atoms with Gasteiger partial charge >= 0.3 is 0 Å². The molecule has 0 bridgehead atoms. The number of hydrogen-bond acceptors (Lipinski definition) is 4. The van der Waals surface area contributed by atoms with E-state index in [9.17, 15) is 9.59 Å². The van der Waals surface area contributed by atoms with Crippen molar-refractivity contribution in [3.05, 3.63) is 0 Å². The Morgan fingerprint density at radius 3 is 3.06 bits per heavy atom. The fourth-order valence-corrected chi connectivity index (χ4v) is 2.30. The molecule has 6 heteroatoms. The number of rotatable bonds is 4. The Labute approximate surface area is 107 Å². The van der Waals surface area contributed by atoms with Crippen LogP contribution in [0.15, 0.2) is 0 Å². The van der Waals surface area contributed by atoms with Gasteiger partial charge in [0.25, 0.3) is 5.91 Å². The predicted molar refractivity (Wildman–Crippen MR) is 66.1 cm³/mol. The van der Waals surface area contributed by atoms with Crippen molar-refractivity contribution >= 4 is 11.8 Å². The predicted octanol–water partition coefficient (Wildman–Crippen LogP) is -0.896. The Morgan fingerprint density at radius 1 is 1.61 bits per heavy atom. The van der Waals surface area contributed by atoms with Crippen LogP contribution in [0.25, 0.3) is 0 Å². The van der Waals surface area contributed by atoms with E-state index in [2.05, 4.69) is 10.6 Å². The van der Waals surface area contributed by atoms with Gasteiger partial charge in [-0.3, -0.25) is 9.59 Å². The maximum Gasteiger partial charge on any atom is 0.253 e. The molecule has 0 aromatic carbocycles. The first-order valence-corrected chi connectivity index (χ1v) is 6.52. The first kappa shape index (κ1) is 13.3. The van der Waals surface area contributed by atoms with Crippen LogP contribution in [0.5, 0.6) is 0 Å². The third-order valence-electron chi connectivity index (χ3n) is 3.48. The van der Waals surface area contributed by atoms with Gasteiger partial charge in [-0.05, 0) is 13.3 Å². The summed E-state index contributed by atoms with van der Waals surface area (Å²) < 4.78 is 5.52. The van der Waals surface area contributed by atoms with E-state index < -0.39 is 5.60 Å². The van der Waals surface area contributed by atoms with Crippen molar-refractivity contribution in [2.24, 2.45) is 0 Å². The van der Waals surface area contributed by atoms with Crippen molar-refractivity contribution in [3.63, 3.8) is 0 Å². The molecule has 2 fully saturated rings. The van der Waals surface area contributed by atoms with Crippen molar-refractivity contribution in [1.29, 1.82) is 0 Å². The SMILES string of the molecule is C[C@]1(C(=O)NCCN2CCCC2=O)CNCCO1. The lowest BCUT2D eigenvalue weighted by atomic mass is 10.0. The Balaban J connectivity index is 1.72. The third-order valence-corrected chi connectivity index (χ3v) is 3.48. The number of amides is 2. The van der Waals surface area contributed by atoms with Crippen LogP contribution < -0.4 is 10.6 Å². The van der Waals surface area contributed by atoms with Crippen LogP contribution in [0.2, 0.25) is 0 Å². The van der Waals surface area contributed by atoms with E-state index in [1.54, 1.807) is 11.8 Å². The maximum absolute atomic E-state index is 12.0. The Kier molecular flexibility index (Phi) is 4.19. The molecule has 2 heterocycles. The van der Waals surface area contributed by atoms with Gasteiger partial charge in [-0.2, -0.15) is 0 Å². The number of nitrogens with zero attached hydrogens (tertiary/aromatic N) is 1. The average molecular weight is 255 g/mol. The first-order chi connectivity index (χ1) is 8.62. The molecule has 0 unspecified atom stereocenters. The van der Waals surface area contributed by atoms with Crippen molar-refractivity contribution in [1.82, 2.24) is 15.5 Å². The number of carbonyl (C=O) groups excluding carboxylic acids is 2. The van der Waals surface area contributed by atoms with Gasteiger partial charge in [-0.1, -0.05) is 0 Å². The summed E-state index contributed by atoms with van der Waals surface area (Å²) in [6.45, 7) is 5.54. The highest BCUT2D eigenvalue weighted by Gasteiger charge is 2.35. The molecule has 0 aromatic heterocycles. The molecule has 2 aliphatic rings. The summed E-state index contributed by atoms with van der Waals surface area (Å²) in [7, 11) is 0. The Morgan fingerprint density at radius 2 is 2.44 bits per heavy atom. The van der Waals surface area contributed by atoms with Crippen molar-refractivity contribution in [2.45, 2.75) is 25.4 Å². The molecule has 2 aliphatic heterocycles. The van der Waals surface area contributed by atoms with Crippen LogP contribution in [-0.4, -0.2) is 61.6 Å². The van der Waals surface area contributed by atoms with Crippen LogP contribution in [0, 0.1) is 0 Å². The molecule has 2 saturated heterocycles. The van der Waals surface area contributed by atoms with E-state index >= 15 is 0 Å². The Bertz CT molecular complexity index is 327. The van der Waals surface area contributed by atoms with Crippen molar-refractivity contribution in [3.8, 4) is 0 Å². The molecule has 0 saturated carbocycles. The normalized spacial score (nSPS) is 28.5. The van der Waals surface area contributed by atoms with E-state index in [1.165, 1.54) is 0 Å². The van der Waals surface area contributed by atoms with Crippen molar-refractivity contribution < 1.29 is 14.3 Å². The summed E-state index contributed by atoms with van der Waals surface area (Å²) in [4.78, 5) is 25.2. The minimum Gasteiger partial charge on any atom is -0.363 e. The second-order valence-corrected chi connectivity index (χ2v) is 5.00. The molecular weight excluding hydrogens is 234 g/mol. The fourth-order valence-electron chi connectivity index (χ4n) is 2.30. The number of ether oxygens (including phenoxy) is 1. The van der Waals surface area contributed by atoms with Gasteiger partial charge in [0.2, 0.25) is 5.91 Å². The van der Waals surface area contributed by atoms with Gasteiger partial charge in [0.1, 0.15) is 0 Å². The standard InChI is InChI=1S/C12H21N3O3/c1-12(9-13-5-8-18-12)11(17)14-4-7-15-6-2-3-10(15)16/h13H,2-9H2,1H3,(H,14,17)/t12-/m1/s1. The molecule has 18 heavy (non-hydrogen) atoms. The third kappa shape index (κ3) is 3.00. The van der Waals surface area contributed by atoms with E-state index in [0.717, 1.165) is 19.5 Å².